The molecule has 1 aromatic carbocycles. The maximum Gasteiger partial charge on any atom is 0.0384 e. The van der Waals surface area contributed by atoms with Gasteiger partial charge in [-0.15, -0.1) is 0 Å². The molecule has 0 aliphatic heterocycles. The molecule has 0 bridgehead atoms. The van der Waals surface area contributed by atoms with Crippen LogP contribution in [0.3, 0.4) is 0 Å². The lowest BCUT2D eigenvalue weighted by Gasteiger charge is -2.08. The average Bonchev–Trinajstić information content (AvgIpc) is 2.03. The molecule has 1 aromatic rings. The molecule has 0 unspecified atom stereocenters. The van der Waals surface area contributed by atoms with Gasteiger partial charge in [0.1, 0.15) is 0 Å². The largest absolute Gasteiger partial charge is 0.360 e. The van der Waals surface area contributed by atoms with E-state index in [1.165, 1.54) is 11.1 Å². The van der Waals surface area contributed by atoms with Crippen LogP contribution in [0.25, 0.3) is 0 Å². The topological polar surface area (TPSA) is 12.0 Å². The minimum absolute atomic E-state index is 0.976. The van der Waals surface area contributed by atoms with Gasteiger partial charge in [-0.3, -0.25) is 0 Å². The molecule has 13 heavy (non-hydrogen) atoms. The first-order valence-electron chi connectivity index (χ1n) is 4.65. The SMILES string of the molecule is C=C(C)Nc1ccc(CC)c(C)c1. The van der Waals surface area contributed by atoms with E-state index in [9.17, 15) is 0 Å². The molecule has 1 nitrogen and oxygen atoms in total. The Labute approximate surface area is 80.5 Å². The summed E-state index contributed by atoms with van der Waals surface area (Å²) in [5, 5.41) is 3.20. The molecule has 0 saturated carbocycles. The second-order valence-electron chi connectivity index (χ2n) is 3.40. The molecule has 0 atom stereocenters. The van der Waals surface area contributed by atoms with E-state index in [4.69, 9.17) is 0 Å². The highest BCUT2D eigenvalue weighted by atomic mass is 14.9. The van der Waals surface area contributed by atoms with E-state index < -0.39 is 0 Å². The molecule has 0 heterocycles. The fourth-order valence-corrected chi connectivity index (χ4v) is 1.42. The molecule has 70 valence electrons. The van der Waals surface area contributed by atoms with Gasteiger partial charge in [-0.1, -0.05) is 19.6 Å². The Hall–Kier alpha value is -1.24. The van der Waals surface area contributed by atoms with Crippen molar-refractivity contribution >= 4 is 5.69 Å². The molecule has 1 heteroatoms. The quantitative estimate of drug-likeness (QED) is 0.741. The number of anilines is 1. The lowest BCUT2D eigenvalue weighted by atomic mass is 10.1. The molecule has 0 amide bonds. The fourth-order valence-electron chi connectivity index (χ4n) is 1.42. The van der Waals surface area contributed by atoms with E-state index >= 15 is 0 Å². The van der Waals surface area contributed by atoms with Crippen LogP contribution in [0.2, 0.25) is 0 Å². The van der Waals surface area contributed by atoms with E-state index in [2.05, 4.69) is 43.9 Å². The smallest absolute Gasteiger partial charge is 0.0384 e. The molecule has 0 spiro atoms. The zero-order valence-electron chi connectivity index (χ0n) is 8.65. The highest BCUT2D eigenvalue weighted by Gasteiger charge is 1.97. The van der Waals surface area contributed by atoms with Crippen molar-refractivity contribution in [3.05, 3.63) is 41.6 Å². The van der Waals surface area contributed by atoms with Gasteiger partial charge in [-0.05, 0) is 43.5 Å². The van der Waals surface area contributed by atoms with E-state index in [0.29, 0.717) is 0 Å². The summed E-state index contributed by atoms with van der Waals surface area (Å²) in [5.41, 5.74) is 4.85. The van der Waals surface area contributed by atoms with E-state index in [0.717, 1.165) is 17.8 Å². The lowest BCUT2D eigenvalue weighted by molar-refractivity contribution is 1.11. The van der Waals surface area contributed by atoms with Crippen molar-refractivity contribution in [1.82, 2.24) is 0 Å². The average molecular weight is 175 g/mol. The molecule has 0 radical (unpaired) electrons. The normalized spacial score (nSPS) is 9.77. The van der Waals surface area contributed by atoms with Crippen molar-refractivity contribution in [2.45, 2.75) is 27.2 Å². The molecule has 0 fully saturated rings. The van der Waals surface area contributed by atoms with Gasteiger partial charge in [0.2, 0.25) is 0 Å². The van der Waals surface area contributed by atoms with Gasteiger partial charge in [0.15, 0.2) is 0 Å². The van der Waals surface area contributed by atoms with E-state index in [1.807, 2.05) is 6.92 Å². The Bertz CT molecular complexity index is 313. The third-order valence-electron chi connectivity index (χ3n) is 2.08. The van der Waals surface area contributed by atoms with Crippen LogP contribution in [0.4, 0.5) is 5.69 Å². The number of allylic oxidation sites excluding steroid dienone is 1. The van der Waals surface area contributed by atoms with E-state index in [1.54, 1.807) is 0 Å². The Balaban J connectivity index is 2.89. The number of rotatable bonds is 3. The monoisotopic (exact) mass is 175 g/mol. The second-order valence-corrected chi connectivity index (χ2v) is 3.40. The zero-order chi connectivity index (χ0) is 9.84. The predicted molar refractivity (Wildman–Crippen MR) is 59.0 cm³/mol. The van der Waals surface area contributed by atoms with Crippen molar-refractivity contribution in [1.29, 1.82) is 0 Å². The van der Waals surface area contributed by atoms with Crippen LogP contribution in [-0.4, -0.2) is 0 Å². The minimum atomic E-state index is 0.976. The lowest BCUT2D eigenvalue weighted by Crippen LogP contribution is -1.95. The van der Waals surface area contributed by atoms with Gasteiger partial charge in [0.25, 0.3) is 0 Å². The number of benzene rings is 1. The van der Waals surface area contributed by atoms with Crippen molar-refractivity contribution in [2.24, 2.45) is 0 Å². The van der Waals surface area contributed by atoms with Gasteiger partial charge in [0.05, 0.1) is 0 Å². The number of nitrogens with one attached hydrogen (secondary N) is 1. The van der Waals surface area contributed by atoms with Crippen LogP contribution in [-0.2, 0) is 6.42 Å². The third-order valence-corrected chi connectivity index (χ3v) is 2.08. The molecule has 1 N–H and O–H groups in total. The van der Waals surface area contributed by atoms with Gasteiger partial charge in [0, 0.05) is 11.4 Å². The van der Waals surface area contributed by atoms with Crippen LogP contribution >= 0.6 is 0 Å². The summed E-state index contributed by atoms with van der Waals surface area (Å²) < 4.78 is 0. The van der Waals surface area contributed by atoms with Crippen LogP contribution in [0.15, 0.2) is 30.5 Å². The zero-order valence-corrected chi connectivity index (χ0v) is 8.65. The number of aryl methyl sites for hydroxylation is 2. The second kappa shape index (κ2) is 4.13. The summed E-state index contributed by atoms with van der Waals surface area (Å²) in [6.07, 6.45) is 1.10. The fraction of sp³-hybridized carbons (Fsp3) is 0.333. The van der Waals surface area contributed by atoms with Crippen molar-refractivity contribution in [2.75, 3.05) is 5.32 Å². The van der Waals surface area contributed by atoms with Gasteiger partial charge in [-0.2, -0.15) is 0 Å². The Morgan fingerprint density at radius 3 is 2.62 bits per heavy atom. The molecule has 0 aliphatic carbocycles. The molecular weight excluding hydrogens is 158 g/mol. The maximum atomic E-state index is 3.81. The predicted octanol–water partition coefficient (Wildman–Crippen LogP) is 3.50. The van der Waals surface area contributed by atoms with Crippen molar-refractivity contribution in [3.8, 4) is 0 Å². The Morgan fingerprint density at radius 2 is 2.15 bits per heavy atom. The summed E-state index contributed by atoms with van der Waals surface area (Å²) >= 11 is 0. The van der Waals surface area contributed by atoms with Crippen LogP contribution in [0.1, 0.15) is 25.0 Å². The van der Waals surface area contributed by atoms with Gasteiger partial charge >= 0.3 is 0 Å². The summed E-state index contributed by atoms with van der Waals surface area (Å²) in [7, 11) is 0. The Kier molecular flexibility index (Phi) is 3.13. The van der Waals surface area contributed by atoms with E-state index in [-0.39, 0.29) is 0 Å². The van der Waals surface area contributed by atoms with Gasteiger partial charge in [-0.25, -0.2) is 0 Å². The molecule has 1 rings (SSSR count). The van der Waals surface area contributed by atoms with Crippen LogP contribution < -0.4 is 5.32 Å². The first-order chi connectivity index (χ1) is 6.13. The first-order valence-corrected chi connectivity index (χ1v) is 4.65. The number of hydrogen-bond donors (Lipinski definition) is 1. The highest BCUT2D eigenvalue weighted by molar-refractivity contribution is 5.51. The standard InChI is InChI=1S/C12H17N/c1-5-11-6-7-12(8-10(11)4)13-9(2)3/h6-8,13H,2,5H2,1,3-4H3. The summed E-state index contributed by atoms with van der Waals surface area (Å²) in [6.45, 7) is 10.1. The van der Waals surface area contributed by atoms with Crippen LogP contribution in [0.5, 0.6) is 0 Å². The van der Waals surface area contributed by atoms with Gasteiger partial charge < -0.3 is 5.32 Å². The maximum absolute atomic E-state index is 3.81. The highest BCUT2D eigenvalue weighted by Crippen LogP contribution is 2.16. The van der Waals surface area contributed by atoms with Crippen LogP contribution in [0, 0.1) is 6.92 Å². The molecule has 0 aliphatic rings. The van der Waals surface area contributed by atoms with Crippen molar-refractivity contribution in [3.63, 3.8) is 0 Å². The summed E-state index contributed by atoms with van der Waals surface area (Å²) in [5.74, 6) is 0. The molecule has 0 saturated heterocycles. The first kappa shape index (κ1) is 9.85. The molecule has 0 aromatic heterocycles. The third kappa shape index (κ3) is 2.62. The van der Waals surface area contributed by atoms with Crippen molar-refractivity contribution < 1.29 is 0 Å². The summed E-state index contributed by atoms with van der Waals surface area (Å²) in [4.78, 5) is 0. The molecular formula is C12H17N. The Morgan fingerprint density at radius 1 is 1.46 bits per heavy atom. The summed E-state index contributed by atoms with van der Waals surface area (Å²) in [6, 6.07) is 6.43. The number of hydrogen-bond acceptors (Lipinski definition) is 1. The minimum Gasteiger partial charge on any atom is -0.360 e.